The Balaban J connectivity index is 1.88. The summed E-state index contributed by atoms with van der Waals surface area (Å²) < 4.78 is 34.2. The SMILES string of the molecule is CCCCN(CCCC)S(=O)(=O)c1ccc2oc(C(=O)N[C@H]3CCCC[C@@H]3C)c(C)c2c1. The Hall–Kier alpha value is -1.86. The van der Waals surface area contributed by atoms with Crippen LogP contribution in [0, 0.1) is 12.8 Å². The highest BCUT2D eigenvalue weighted by molar-refractivity contribution is 7.89. The predicted octanol–water partition coefficient (Wildman–Crippen LogP) is 5.64. The van der Waals surface area contributed by atoms with Gasteiger partial charge < -0.3 is 9.73 Å². The van der Waals surface area contributed by atoms with E-state index in [4.69, 9.17) is 4.42 Å². The summed E-state index contributed by atoms with van der Waals surface area (Å²) in [6.07, 6.45) is 7.99. The third-order valence-electron chi connectivity index (χ3n) is 6.70. The van der Waals surface area contributed by atoms with Crippen LogP contribution in [0.4, 0.5) is 0 Å². The monoisotopic (exact) mass is 462 g/mol. The molecular formula is C25H38N2O4S. The molecule has 1 saturated carbocycles. The molecule has 0 aliphatic heterocycles. The first-order valence-electron chi connectivity index (χ1n) is 12.1. The number of sulfonamides is 1. The van der Waals surface area contributed by atoms with Gasteiger partial charge in [-0.1, -0.05) is 46.5 Å². The summed E-state index contributed by atoms with van der Waals surface area (Å²) >= 11 is 0. The number of benzene rings is 1. The third-order valence-corrected chi connectivity index (χ3v) is 8.60. The highest BCUT2D eigenvalue weighted by atomic mass is 32.2. The van der Waals surface area contributed by atoms with E-state index in [0.29, 0.717) is 35.5 Å². The third kappa shape index (κ3) is 5.37. The number of hydrogen-bond donors (Lipinski definition) is 1. The summed E-state index contributed by atoms with van der Waals surface area (Å²) in [5.74, 6) is 0.516. The number of hydrogen-bond acceptors (Lipinski definition) is 4. The van der Waals surface area contributed by atoms with Crippen molar-refractivity contribution in [3.8, 4) is 0 Å². The lowest BCUT2D eigenvalue weighted by Gasteiger charge is -2.29. The highest BCUT2D eigenvalue weighted by Gasteiger charge is 2.28. The van der Waals surface area contributed by atoms with Crippen LogP contribution in [0.3, 0.4) is 0 Å². The number of carbonyl (C=O) groups is 1. The fraction of sp³-hybridized carbons (Fsp3) is 0.640. The molecule has 6 nitrogen and oxygen atoms in total. The molecule has 1 aromatic heterocycles. The van der Waals surface area contributed by atoms with Crippen LogP contribution in [0.25, 0.3) is 11.0 Å². The molecule has 2 atom stereocenters. The maximum absolute atomic E-state index is 13.4. The van der Waals surface area contributed by atoms with Gasteiger partial charge in [0.1, 0.15) is 5.58 Å². The van der Waals surface area contributed by atoms with Crippen LogP contribution in [0.2, 0.25) is 0 Å². The van der Waals surface area contributed by atoms with Gasteiger partial charge in [0, 0.05) is 30.1 Å². The normalized spacial score (nSPS) is 19.5. The Bertz CT molecular complexity index is 1020. The zero-order valence-corrected chi connectivity index (χ0v) is 20.8. The van der Waals surface area contributed by atoms with E-state index >= 15 is 0 Å². The van der Waals surface area contributed by atoms with Crippen molar-refractivity contribution in [2.45, 2.75) is 90.0 Å². The summed E-state index contributed by atoms with van der Waals surface area (Å²) in [4.78, 5) is 13.2. The second kappa shape index (κ2) is 10.8. The number of rotatable bonds is 10. The Morgan fingerprint density at radius 1 is 1.12 bits per heavy atom. The van der Waals surface area contributed by atoms with Crippen LogP contribution in [-0.2, 0) is 10.0 Å². The molecule has 0 bridgehead atoms. The summed E-state index contributed by atoms with van der Waals surface area (Å²) in [6.45, 7) is 9.17. The lowest BCUT2D eigenvalue weighted by Crippen LogP contribution is -2.41. The molecule has 1 aliphatic rings. The fourth-order valence-corrected chi connectivity index (χ4v) is 6.06. The summed E-state index contributed by atoms with van der Waals surface area (Å²) in [7, 11) is -3.60. The average molecular weight is 463 g/mol. The van der Waals surface area contributed by atoms with Gasteiger partial charge in [0.15, 0.2) is 5.76 Å². The van der Waals surface area contributed by atoms with Gasteiger partial charge >= 0.3 is 0 Å². The molecule has 178 valence electrons. The largest absolute Gasteiger partial charge is 0.451 e. The molecule has 2 aromatic rings. The second-order valence-electron chi connectivity index (χ2n) is 9.17. The maximum atomic E-state index is 13.4. The first-order valence-corrected chi connectivity index (χ1v) is 13.6. The summed E-state index contributed by atoms with van der Waals surface area (Å²) in [5.41, 5.74) is 1.23. The number of fused-ring (bicyclic) bond motifs is 1. The minimum absolute atomic E-state index is 0.158. The van der Waals surface area contributed by atoms with Crippen LogP contribution in [-0.4, -0.2) is 37.8 Å². The molecule has 0 saturated heterocycles. The van der Waals surface area contributed by atoms with Crippen molar-refractivity contribution < 1.29 is 17.6 Å². The minimum Gasteiger partial charge on any atom is -0.451 e. The van der Waals surface area contributed by atoms with Crippen LogP contribution in [0.15, 0.2) is 27.5 Å². The standard InChI is InChI=1S/C25H38N2O4S/c1-5-7-15-27(16-8-6-2)32(29,30)20-13-14-23-21(17-20)19(4)24(31-23)25(28)26-22-12-10-9-11-18(22)3/h13-14,17-18,22H,5-12,15-16H2,1-4H3,(H,26,28)/t18-,22-/m0/s1. The highest BCUT2D eigenvalue weighted by Crippen LogP contribution is 2.30. The van der Waals surface area contributed by atoms with Crippen LogP contribution >= 0.6 is 0 Å². The Labute approximate surface area is 192 Å². The number of furan rings is 1. The molecule has 1 aliphatic carbocycles. The Morgan fingerprint density at radius 2 is 1.78 bits per heavy atom. The van der Waals surface area contributed by atoms with E-state index in [1.165, 1.54) is 6.42 Å². The van der Waals surface area contributed by atoms with Gasteiger partial charge in [0.2, 0.25) is 10.0 Å². The van der Waals surface area contributed by atoms with E-state index in [0.717, 1.165) is 44.9 Å². The van der Waals surface area contributed by atoms with E-state index in [1.54, 1.807) is 22.5 Å². The van der Waals surface area contributed by atoms with E-state index < -0.39 is 10.0 Å². The number of amides is 1. The number of carbonyl (C=O) groups excluding carboxylic acids is 1. The van der Waals surface area contributed by atoms with Crippen molar-refractivity contribution >= 4 is 26.9 Å². The average Bonchev–Trinajstić information content (AvgIpc) is 3.11. The zero-order chi connectivity index (χ0) is 23.3. The van der Waals surface area contributed by atoms with Gasteiger partial charge in [-0.3, -0.25) is 4.79 Å². The van der Waals surface area contributed by atoms with Crippen molar-refractivity contribution in [2.24, 2.45) is 5.92 Å². The molecule has 7 heteroatoms. The van der Waals surface area contributed by atoms with Crippen LogP contribution < -0.4 is 5.32 Å². The first-order chi connectivity index (χ1) is 15.3. The van der Waals surface area contributed by atoms with Gasteiger partial charge in [-0.05, 0) is 56.7 Å². The van der Waals surface area contributed by atoms with E-state index in [2.05, 4.69) is 26.1 Å². The van der Waals surface area contributed by atoms with E-state index in [1.807, 2.05) is 6.92 Å². The summed E-state index contributed by atoms with van der Waals surface area (Å²) in [5, 5.41) is 3.82. The first kappa shape index (κ1) is 24.8. The quantitative estimate of drug-likeness (QED) is 0.495. The maximum Gasteiger partial charge on any atom is 0.287 e. The van der Waals surface area contributed by atoms with E-state index in [9.17, 15) is 13.2 Å². The number of aryl methyl sites for hydroxylation is 1. The summed E-state index contributed by atoms with van der Waals surface area (Å²) in [6, 6.07) is 5.09. The smallest absolute Gasteiger partial charge is 0.287 e. The van der Waals surface area contributed by atoms with Gasteiger partial charge in [0.25, 0.3) is 5.91 Å². The fourth-order valence-electron chi connectivity index (χ4n) is 4.51. The van der Waals surface area contributed by atoms with Crippen molar-refractivity contribution in [3.05, 3.63) is 29.5 Å². The van der Waals surface area contributed by atoms with Gasteiger partial charge in [0.05, 0.1) is 4.90 Å². The molecule has 1 amide bonds. The van der Waals surface area contributed by atoms with Crippen LogP contribution in [0.1, 0.15) is 88.3 Å². The molecule has 3 rings (SSSR count). The van der Waals surface area contributed by atoms with Gasteiger partial charge in [-0.25, -0.2) is 8.42 Å². The molecule has 0 unspecified atom stereocenters. The molecular weight excluding hydrogens is 424 g/mol. The molecule has 0 radical (unpaired) electrons. The Kier molecular flexibility index (Phi) is 8.39. The molecule has 1 N–H and O–H groups in total. The molecule has 1 aromatic carbocycles. The number of nitrogens with zero attached hydrogens (tertiary/aromatic N) is 1. The van der Waals surface area contributed by atoms with E-state index in [-0.39, 0.29) is 22.6 Å². The molecule has 1 heterocycles. The van der Waals surface area contributed by atoms with Crippen molar-refractivity contribution in [1.29, 1.82) is 0 Å². The minimum atomic E-state index is -3.60. The van der Waals surface area contributed by atoms with Crippen molar-refractivity contribution in [3.63, 3.8) is 0 Å². The van der Waals surface area contributed by atoms with Gasteiger partial charge in [-0.15, -0.1) is 0 Å². The molecule has 0 spiro atoms. The van der Waals surface area contributed by atoms with Crippen molar-refractivity contribution in [1.82, 2.24) is 9.62 Å². The zero-order valence-electron chi connectivity index (χ0n) is 19.9. The number of nitrogens with one attached hydrogen (secondary N) is 1. The second-order valence-corrected chi connectivity index (χ2v) is 11.1. The number of unbranched alkanes of at least 4 members (excludes halogenated alkanes) is 2. The predicted molar refractivity (Wildman–Crippen MR) is 128 cm³/mol. The lowest BCUT2D eigenvalue weighted by atomic mass is 9.86. The molecule has 1 fully saturated rings. The van der Waals surface area contributed by atoms with Gasteiger partial charge in [-0.2, -0.15) is 4.31 Å². The Morgan fingerprint density at radius 3 is 2.41 bits per heavy atom. The lowest BCUT2D eigenvalue weighted by molar-refractivity contribution is 0.0883. The topological polar surface area (TPSA) is 79.6 Å². The molecule has 32 heavy (non-hydrogen) atoms. The van der Waals surface area contributed by atoms with Crippen LogP contribution in [0.5, 0.6) is 0 Å². The van der Waals surface area contributed by atoms with Crippen molar-refractivity contribution in [2.75, 3.05) is 13.1 Å².